The summed E-state index contributed by atoms with van der Waals surface area (Å²) in [6, 6.07) is 7.08. The molecule has 4 heteroatoms. The van der Waals surface area contributed by atoms with Crippen LogP contribution in [0.15, 0.2) is 28.9 Å². The van der Waals surface area contributed by atoms with Gasteiger partial charge in [-0.25, -0.2) is 0 Å². The van der Waals surface area contributed by atoms with Crippen LogP contribution < -0.4 is 5.32 Å². The third-order valence-corrected chi connectivity index (χ3v) is 5.20. The molecule has 3 nitrogen and oxygen atoms in total. The minimum absolute atomic E-state index is 0.539. The molecule has 0 radical (unpaired) electrons. The minimum atomic E-state index is 0.539. The number of halogens is 1. The number of piperazine rings is 1. The standard InChI is InChI=1S/C18H26BrN3/c1-2-3-4-5-18(22-10-8-20-9-11-22)16-13-21-17-7-6-14(19)12-15(16)17/h6-7,12-13,18,20-21H,2-5,8-11H2,1H3/t18-/m0/s1. The highest BCUT2D eigenvalue weighted by atomic mass is 79.9. The summed E-state index contributed by atoms with van der Waals surface area (Å²) in [7, 11) is 0. The Morgan fingerprint density at radius 3 is 2.82 bits per heavy atom. The quantitative estimate of drug-likeness (QED) is 0.742. The number of nitrogens with zero attached hydrogens (tertiary/aromatic N) is 1. The number of hydrogen-bond acceptors (Lipinski definition) is 2. The second kappa shape index (κ2) is 7.62. The van der Waals surface area contributed by atoms with E-state index in [0.717, 1.165) is 30.7 Å². The maximum absolute atomic E-state index is 3.62. The molecule has 2 heterocycles. The molecule has 0 amide bonds. The van der Waals surface area contributed by atoms with E-state index in [2.05, 4.69) is 62.5 Å². The molecular formula is C18H26BrN3. The van der Waals surface area contributed by atoms with Gasteiger partial charge in [0.25, 0.3) is 0 Å². The lowest BCUT2D eigenvalue weighted by molar-refractivity contribution is 0.164. The van der Waals surface area contributed by atoms with Crippen molar-refractivity contribution in [3.8, 4) is 0 Å². The monoisotopic (exact) mass is 363 g/mol. The fourth-order valence-corrected chi connectivity index (χ4v) is 3.87. The van der Waals surface area contributed by atoms with Crippen molar-refractivity contribution in [1.82, 2.24) is 15.2 Å². The maximum Gasteiger partial charge on any atom is 0.0458 e. The Morgan fingerprint density at radius 2 is 2.05 bits per heavy atom. The normalized spacial score (nSPS) is 17.9. The van der Waals surface area contributed by atoms with Crippen LogP contribution in [0, 0.1) is 0 Å². The molecule has 2 aromatic rings. The number of nitrogens with one attached hydrogen (secondary N) is 2. The fourth-order valence-electron chi connectivity index (χ4n) is 3.51. The summed E-state index contributed by atoms with van der Waals surface area (Å²) in [5.74, 6) is 0. The van der Waals surface area contributed by atoms with Gasteiger partial charge in [0, 0.05) is 53.8 Å². The van der Waals surface area contributed by atoms with Crippen LogP contribution >= 0.6 is 15.9 Å². The zero-order chi connectivity index (χ0) is 15.4. The second-order valence-corrected chi connectivity index (χ2v) is 7.15. The predicted molar refractivity (Wildman–Crippen MR) is 97.3 cm³/mol. The largest absolute Gasteiger partial charge is 0.361 e. The topological polar surface area (TPSA) is 31.1 Å². The summed E-state index contributed by atoms with van der Waals surface area (Å²) in [4.78, 5) is 6.12. The van der Waals surface area contributed by atoms with Crippen LogP contribution in [-0.2, 0) is 0 Å². The van der Waals surface area contributed by atoms with Crippen molar-refractivity contribution >= 4 is 26.8 Å². The zero-order valence-electron chi connectivity index (χ0n) is 13.4. The third-order valence-electron chi connectivity index (χ3n) is 4.71. The van der Waals surface area contributed by atoms with Gasteiger partial charge in [0.15, 0.2) is 0 Å². The first kappa shape index (κ1) is 16.0. The molecule has 0 aliphatic carbocycles. The lowest BCUT2D eigenvalue weighted by Crippen LogP contribution is -2.45. The summed E-state index contributed by atoms with van der Waals surface area (Å²) in [6.07, 6.45) is 7.41. The molecule has 1 aromatic heterocycles. The van der Waals surface area contributed by atoms with Crippen molar-refractivity contribution in [3.63, 3.8) is 0 Å². The molecule has 1 aliphatic heterocycles. The number of rotatable bonds is 6. The maximum atomic E-state index is 3.62. The van der Waals surface area contributed by atoms with Gasteiger partial charge in [-0.2, -0.15) is 0 Å². The molecule has 0 spiro atoms. The fraction of sp³-hybridized carbons (Fsp3) is 0.556. The Morgan fingerprint density at radius 1 is 1.23 bits per heavy atom. The van der Waals surface area contributed by atoms with Gasteiger partial charge in [-0.1, -0.05) is 42.1 Å². The molecule has 1 atom stereocenters. The highest BCUT2D eigenvalue weighted by Crippen LogP contribution is 2.33. The van der Waals surface area contributed by atoms with Crippen LogP contribution in [0.4, 0.5) is 0 Å². The third kappa shape index (κ3) is 3.55. The van der Waals surface area contributed by atoms with Crippen LogP contribution in [0.1, 0.15) is 44.2 Å². The predicted octanol–water partition coefficient (Wildman–Crippen LogP) is 4.46. The molecule has 0 saturated carbocycles. The Kier molecular flexibility index (Phi) is 5.55. The number of hydrogen-bond donors (Lipinski definition) is 2. The number of fused-ring (bicyclic) bond motifs is 1. The summed E-state index contributed by atoms with van der Waals surface area (Å²) >= 11 is 3.62. The average molecular weight is 364 g/mol. The zero-order valence-corrected chi connectivity index (χ0v) is 15.0. The molecular weight excluding hydrogens is 338 g/mol. The van der Waals surface area contributed by atoms with Gasteiger partial charge in [-0.3, -0.25) is 4.90 Å². The van der Waals surface area contributed by atoms with Crippen molar-refractivity contribution < 1.29 is 0 Å². The Hall–Kier alpha value is -0.840. The van der Waals surface area contributed by atoms with Gasteiger partial charge in [0.1, 0.15) is 0 Å². The van der Waals surface area contributed by atoms with E-state index in [1.807, 2.05) is 0 Å². The van der Waals surface area contributed by atoms with Crippen LogP contribution in [-0.4, -0.2) is 36.1 Å². The first-order valence-electron chi connectivity index (χ1n) is 8.51. The highest BCUT2D eigenvalue weighted by molar-refractivity contribution is 9.10. The smallest absolute Gasteiger partial charge is 0.0458 e. The van der Waals surface area contributed by atoms with Gasteiger partial charge in [-0.05, 0) is 30.2 Å². The van der Waals surface area contributed by atoms with E-state index in [1.54, 1.807) is 0 Å². The Labute approximate surface area is 141 Å². The average Bonchev–Trinajstić information content (AvgIpc) is 2.95. The number of H-pyrrole nitrogens is 1. The van der Waals surface area contributed by atoms with Crippen molar-refractivity contribution in [1.29, 1.82) is 0 Å². The molecule has 1 aromatic carbocycles. The van der Waals surface area contributed by atoms with Gasteiger partial charge in [0.2, 0.25) is 0 Å². The first-order chi connectivity index (χ1) is 10.8. The summed E-state index contributed by atoms with van der Waals surface area (Å²) in [5, 5.41) is 4.84. The van der Waals surface area contributed by atoms with Crippen molar-refractivity contribution in [2.24, 2.45) is 0 Å². The number of unbranched alkanes of at least 4 members (excludes halogenated alkanes) is 2. The van der Waals surface area contributed by atoms with Crippen molar-refractivity contribution in [2.45, 2.75) is 38.6 Å². The molecule has 2 N–H and O–H groups in total. The molecule has 120 valence electrons. The van der Waals surface area contributed by atoms with Crippen molar-refractivity contribution in [3.05, 3.63) is 34.4 Å². The SMILES string of the molecule is CCCCC[C@@H](c1c[nH]c2ccc(Br)cc12)N1CCNCC1. The number of benzene rings is 1. The van der Waals surface area contributed by atoms with E-state index < -0.39 is 0 Å². The van der Waals surface area contributed by atoms with Crippen LogP contribution in [0.2, 0.25) is 0 Å². The second-order valence-electron chi connectivity index (χ2n) is 6.23. The van der Waals surface area contributed by atoms with E-state index in [9.17, 15) is 0 Å². The van der Waals surface area contributed by atoms with E-state index in [4.69, 9.17) is 0 Å². The molecule has 0 bridgehead atoms. The number of aromatic nitrogens is 1. The van der Waals surface area contributed by atoms with Crippen molar-refractivity contribution in [2.75, 3.05) is 26.2 Å². The summed E-state index contributed by atoms with van der Waals surface area (Å²) in [6.45, 7) is 6.80. The van der Waals surface area contributed by atoms with E-state index in [1.165, 1.54) is 42.1 Å². The lowest BCUT2D eigenvalue weighted by Gasteiger charge is -2.35. The summed E-state index contributed by atoms with van der Waals surface area (Å²) < 4.78 is 1.16. The molecule has 1 fully saturated rings. The van der Waals surface area contributed by atoms with E-state index in [-0.39, 0.29) is 0 Å². The van der Waals surface area contributed by atoms with Gasteiger partial charge >= 0.3 is 0 Å². The molecule has 22 heavy (non-hydrogen) atoms. The summed E-state index contributed by atoms with van der Waals surface area (Å²) in [5.41, 5.74) is 2.71. The van der Waals surface area contributed by atoms with Crippen LogP contribution in [0.3, 0.4) is 0 Å². The Bertz CT molecular complexity index is 601. The van der Waals surface area contributed by atoms with Gasteiger partial charge in [0.05, 0.1) is 0 Å². The number of aromatic amines is 1. The van der Waals surface area contributed by atoms with Gasteiger partial charge in [-0.15, -0.1) is 0 Å². The first-order valence-corrected chi connectivity index (χ1v) is 9.30. The lowest BCUT2D eigenvalue weighted by atomic mass is 9.97. The molecule has 3 rings (SSSR count). The Balaban J connectivity index is 1.89. The highest BCUT2D eigenvalue weighted by Gasteiger charge is 2.24. The molecule has 1 saturated heterocycles. The minimum Gasteiger partial charge on any atom is -0.361 e. The van der Waals surface area contributed by atoms with E-state index in [0.29, 0.717) is 6.04 Å². The molecule has 1 aliphatic rings. The van der Waals surface area contributed by atoms with E-state index >= 15 is 0 Å². The van der Waals surface area contributed by atoms with Crippen LogP contribution in [0.25, 0.3) is 10.9 Å². The van der Waals surface area contributed by atoms with Crippen LogP contribution in [0.5, 0.6) is 0 Å². The van der Waals surface area contributed by atoms with Gasteiger partial charge < -0.3 is 10.3 Å². The molecule has 0 unspecified atom stereocenters.